The highest BCUT2D eigenvalue weighted by molar-refractivity contribution is 5.44. The molecule has 1 aliphatic heterocycles. The van der Waals surface area contributed by atoms with Crippen molar-refractivity contribution >= 4 is 5.82 Å². The molecule has 23 heavy (non-hydrogen) atoms. The molecule has 2 aromatic rings. The molecule has 4 rings (SSSR count). The lowest BCUT2D eigenvalue weighted by atomic mass is 10.2. The molecule has 2 aliphatic rings. The van der Waals surface area contributed by atoms with Crippen molar-refractivity contribution in [2.75, 3.05) is 18.6 Å². The zero-order valence-corrected chi connectivity index (χ0v) is 13.7. The topological polar surface area (TPSA) is 77.2 Å². The number of anilines is 1. The van der Waals surface area contributed by atoms with Gasteiger partial charge in [0.2, 0.25) is 11.8 Å². The van der Waals surface area contributed by atoms with E-state index in [1.54, 1.807) is 7.11 Å². The molecule has 0 bridgehead atoms. The SMILES string of the molecule is CO[C@H]1C[C@H](c2nnc(C)o2)N(c2cc(C)nc(C3CC3)n2)C1. The summed E-state index contributed by atoms with van der Waals surface area (Å²) in [5.74, 6) is 3.63. The van der Waals surface area contributed by atoms with E-state index >= 15 is 0 Å². The first kappa shape index (κ1) is 14.6. The van der Waals surface area contributed by atoms with Crippen molar-refractivity contribution in [3.05, 3.63) is 29.4 Å². The highest BCUT2D eigenvalue weighted by Gasteiger charge is 2.38. The van der Waals surface area contributed by atoms with E-state index < -0.39 is 0 Å². The van der Waals surface area contributed by atoms with Crippen molar-refractivity contribution in [1.82, 2.24) is 20.2 Å². The fourth-order valence-electron chi connectivity index (χ4n) is 3.15. The van der Waals surface area contributed by atoms with Crippen molar-refractivity contribution in [3.63, 3.8) is 0 Å². The molecular formula is C16H21N5O2. The van der Waals surface area contributed by atoms with Gasteiger partial charge in [0.05, 0.1) is 6.10 Å². The van der Waals surface area contributed by atoms with Crippen molar-refractivity contribution in [1.29, 1.82) is 0 Å². The van der Waals surface area contributed by atoms with Crippen LogP contribution in [0.3, 0.4) is 0 Å². The van der Waals surface area contributed by atoms with Crippen LogP contribution in [0.15, 0.2) is 10.5 Å². The molecule has 122 valence electrons. The van der Waals surface area contributed by atoms with Crippen molar-refractivity contribution in [2.24, 2.45) is 0 Å². The molecule has 0 radical (unpaired) electrons. The molecule has 3 heterocycles. The Labute approximate surface area is 135 Å². The molecule has 2 fully saturated rings. The minimum atomic E-state index is 0.00232. The Morgan fingerprint density at radius 1 is 1.22 bits per heavy atom. The molecular weight excluding hydrogens is 294 g/mol. The van der Waals surface area contributed by atoms with Gasteiger partial charge in [0.15, 0.2) is 0 Å². The van der Waals surface area contributed by atoms with Gasteiger partial charge in [0.25, 0.3) is 0 Å². The zero-order chi connectivity index (χ0) is 16.0. The summed E-state index contributed by atoms with van der Waals surface area (Å²) >= 11 is 0. The smallest absolute Gasteiger partial charge is 0.238 e. The number of hydrogen-bond acceptors (Lipinski definition) is 7. The summed E-state index contributed by atoms with van der Waals surface area (Å²) in [7, 11) is 1.74. The van der Waals surface area contributed by atoms with Crippen LogP contribution in [0.5, 0.6) is 0 Å². The largest absolute Gasteiger partial charge is 0.423 e. The summed E-state index contributed by atoms with van der Waals surface area (Å²) < 4.78 is 11.2. The third-order valence-electron chi connectivity index (χ3n) is 4.52. The summed E-state index contributed by atoms with van der Waals surface area (Å²) in [6, 6.07) is 2.03. The number of hydrogen-bond donors (Lipinski definition) is 0. The third kappa shape index (κ3) is 2.81. The van der Waals surface area contributed by atoms with Gasteiger partial charge in [-0.15, -0.1) is 10.2 Å². The second-order valence-corrected chi connectivity index (χ2v) is 6.42. The monoisotopic (exact) mass is 315 g/mol. The Morgan fingerprint density at radius 3 is 2.70 bits per heavy atom. The van der Waals surface area contributed by atoms with Crippen LogP contribution in [-0.2, 0) is 4.74 Å². The summed E-state index contributed by atoms with van der Waals surface area (Å²) in [5.41, 5.74) is 0.998. The lowest BCUT2D eigenvalue weighted by Crippen LogP contribution is -2.26. The summed E-state index contributed by atoms with van der Waals surface area (Å²) in [6.07, 6.45) is 3.33. The normalized spacial score (nSPS) is 24.4. The first-order chi connectivity index (χ1) is 11.1. The molecule has 7 nitrogen and oxygen atoms in total. The van der Waals surface area contributed by atoms with E-state index in [1.807, 2.05) is 19.9 Å². The van der Waals surface area contributed by atoms with Gasteiger partial charge in [-0.05, 0) is 19.8 Å². The average Bonchev–Trinajstić information content (AvgIpc) is 3.16. The van der Waals surface area contributed by atoms with Gasteiger partial charge in [0, 0.05) is 44.7 Å². The molecule has 1 saturated carbocycles. The van der Waals surface area contributed by atoms with Crippen LogP contribution in [0.1, 0.15) is 54.5 Å². The van der Waals surface area contributed by atoms with Crippen LogP contribution in [0.25, 0.3) is 0 Å². The molecule has 2 atom stereocenters. The summed E-state index contributed by atoms with van der Waals surface area (Å²) in [5, 5.41) is 8.17. The Bertz CT molecular complexity index is 712. The lowest BCUT2D eigenvalue weighted by Gasteiger charge is -2.23. The lowest BCUT2D eigenvalue weighted by molar-refractivity contribution is 0.117. The standard InChI is InChI=1S/C16H21N5O2/c1-9-6-14(18-15(17-9)11-4-5-11)21-8-12(22-3)7-13(21)16-20-19-10(2)23-16/h6,11-13H,4-5,7-8H2,1-3H3/t12-,13+/m0/s1. The highest BCUT2D eigenvalue weighted by Crippen LogP contribution is 2.40. The van der Waals surface area contributed by atoms with Crippen molar-refractivity contribution in [3.8, 4) is 0 Å². The van der Waals surface area contributed by atoms with Gasteiger partial charge in [-0.1, -0.05) is 0 Å². The number of aromatic nitrogens is 4. The van der Waals surface area contributed by atoms with E-state index in [1.165, 1.54) is 12.8 Å². The van der Waals surface area contributed by atoms with Crippen LogP contribution in [0, 0.1) is 13.8 Å². The van der Waals surface area contributed by atoms with Crippen LogP contribution in [0.4, 0.5) is 5.82 Å². The fraction of sp³-hybridized carbons (Fsp3) is 0.625. The van der Waals surface area contributed by atoms with Gasteiger partial charge in [0.1, 0.15) is 17.7 Å². The Balaban J connectivity index is 1.69. The molecule has 0 aromatic carbocycles. The quantitative estimate of drug-likeness (QED) is 0.856. The molecule has 0 amide bonds. The van der Waals surface area contributed by atoms with E-state index in [4.69, 9.17) is 14.1 Å². The van der Waals surface area contributed by atoms with Gasteiger partial charge in [-0.2, -0.15) is 0 Å². The van der Waals surface area contributed by atoms with Gasteiger partial charge < -0.3 is 14.1 Å². The van der Waals surface area contributed by atoms with Crippen LogP contribution >= 0.6 is 0 Å². The van der Waals surface area contributed by atoms with Crippen molar-refractivity contribution < 1.29 is 9.15 Å². The second kappa shape index (κ2) is 5.56. The Kier molecular flexibility index (Phi) is 3.52. The third-order valence-corrected chi connectivity index (χ3v) is 4.52. The summed E-state index contributed by atoms with van der Waals surface area (Å²) in [4.78, 5) is 11.6. The maximum Gasteiger partial charge on any atom is 0.238 e. The predicted octanol–water partition coefficient (Wildman–Crippen LogP) is 2.32. The van der Waals surface area contributed by atoms with E-state index in [-0.39, 0.29) is 12.1 Å². The van der Waals surface area contributed by atoms with Crippen LogP contribution < -0.4 is 4.90 Å². The van der Waals surface area contributed by atoms with Gasteiger partial charge in [-0.3, -0.25) is 0 Å². The van der Waals surface area contributed by atoms with E-state index in [9.17, 15) is 0 Å². The molecule has 0 unspecified atom stereocenters. The van der Waals surface area contributed by atoms with E-state index in [0.717, 1.165) is 30.3 Å². The molecule has 2 aromatic heterocycles. The van der Waals surface area contributed by atoms with Crippen LogP contribution in [-0.4, -0.2) is 39.9 Å². The minimum absolute atomic E-state index is 0.00232. The fourth-order valence-corrected chi connectivity index (χ4v) is 3.15. The minimum Gasteiger partial charge on any atom is -0.423 e. The average molecular weight is 315 g/mol. The molecule has 0 spiro atoms. The summed E-state index contributed by atoms with van der Waals surface area (Å²) in [6.45, 7) is 4.60. The highest BCUT2D eigenvalue weighted by atomic mass is 16.5. The number of methoxy groups -OCH3 is 1. The van der Waals surface area contributed by atoms with Crippen LogP contribution in [0.2, 0.25) is 0 Å². The predicted molar refractivity (Wildman–Crippen MR) is 83.3 cm³/mol. The second-order valence-electron chi connectivity index (χ2n) is 6.42. The van der Waals surface area contributed by atoms with Crippen molar-refractivity contribution in [2.45, 2.75) is 51.2 Å². The number of aryl methyl sites for hydroxylation is 2. The number of rotatable bonds is 4. The maximum atomic E-state index is 5.67. The van der Waals surface area contributed by atoms with Gasteiger partial charge >= 0.3 is 0 Å². The molecule has 1 aliphatic carbocycles. The molecule has 0 N–H and O–H groups in total. The van der Waals surface area contributed by atoms with E-state index in [2.05, 4.69) is 20.1 Å². The Morgan fingerprint density at radius 2 is 2.04 bits per heavy atom. The molecule has 1 saturated heterocycles. The Hall–Kier alpha value is -2.02. The maximum absolute atomic E-state index is 5.67. The zero-order valence-electron chi connectivity index (χ0n) is 13.7. The van der Waals surface area contributed by atoms with Gasteiger partial charge in [-0.25, -0.2) is 9.97 Å². The first-order valence-electron chi connectivity index (χ1n) is 8.09. The first-order valence-corrected chi connectivity index (χ1v) is 8.09. The molecule has 7 heteroatoms. The number of ether oxygens (including phenoxy) is 1. The number of nitrogens with zero attached hydrogens (tertiary/aromatic N) is 5. The van der Waals surface area contributed by atoms with E-state index in [0.29, 0.717) is 17.7 Å².